The SMILES string of the molecule is CN1c2ccccc2NC1O. The van der Waals surface area contributed by atoms with Crippen LogP contribution in [0.4, 0.5) is 11.4 Å². The third-order valence-electron chi connectivity index (χ3n) is 1.94. The maximum absolute atomic E-state index is 9.33. The summed E-state index contributed by atoms with van der Waals surface area (Å²) < 4.78 is 0. The highest BCUT2D eigenvalue weighted by Crippen LogP contribution is 2.31. The first kappa shape index (κ1) is 6.49. The molecule has 0 aromatic heterocycles. The number of aliphatic hydroxyl groups excluding tert-OH is 1. The van der Waals surface area contributed by atoms with Crippen LogP contribution in [-0.2, 0) is 0 Å². The summed E-state index contributed by atoms with van der Waals surface area (Å²) in [5.74, 6) is 0. The summed E-state index contributed by atoms with van der Waals surface area (Å²) in [5.41, 5.74) is 2.03. The van der Waals surface area contributed by atoms with Crippen molar-refractivity contribution in [2.24, 2.45) is 0 Å². The summed E-state index contributed by atoms with van der Waals surface area (Å²) in [7, 11) is 1.85. The first-order valence-electron chi connectivity index (χ1n) is 3.55. The van der Waals surface area contributed by atoms with Gasteiger partial charge in [-0.1, -0.05) is 12.1 Å². The maximum Gasteiger partial charge on any atom is 0.205 e. The Balaban J connectivity index is 2.47. The van der Waals surface area contributed by atoms with E-state index in [0.29, 0.717) is 0 Å². The number of hydrogen-bond acceptors (Lipinski definition) is 3. The number of hydrogen-bond donors (Lipinski definition) is 2. The van der Waals surface area contributed by atoms with E-state index in [2.05, 4.69) is 5.32 Å². The zero-order chi connectivity index (χ0) is 7.84. The second kappa shape index (κ2) is 2.13. The average Bonchev–Trinajstić information content (AvgIpc) is 2.30. The summed E-state index contributed by atoms with van der Waals surface area (Å²) >= 11 is 0. The summed E-state index contributed by atoms with van der Waals surface area (Å²) in [5, 5.41) is 12.3. The molecule has 0 radical (unpaired) electrons. The van der Waals surface area contributed by atoms with Crippen LogP contribution in [0, 0.1) is 0 Å². The average molecular weight is 150 g/mol. The first-order valence-corrected chi connectivity index (χ1v) is 3.55. The van der Waals surface area contributed by atoms with Crippen LogP contribution >= 0.6 is 0 Å². The van der Waals surface area contributed by atoms with Gasteiger partial charge in [-0.2, -0.15) is 0 Å². The van der Waals surface area contributed by atoms with Crippen molar-refractivity contribution < 1.29 is 5.11 Å². The van der Waals surface area contributed by atoms with Crippen LogP contribution in [0.25, 0.3) is 0 Å². The number of anilines is 2. The largest absolute Gasteiger partial charge is 0.356 e. The van der Waals surface area contributed by atoms with Gasteiger partial charge >= 0.3 is 0 Å². The number of nitrogens with zero attached hydrogens (tertiary/aromatic N) is 1. The Morgan fingerprint density at radius 1 is 1.45 bits per heavy atom. The van der Waals surface area contributed by atoms with Crippen molar-refractivity contribution in [3.05, 3.63) is 24.3 Å². The van der Waals surface area contributed by atoms with Gasteiger partial charge in [-0.15, -0.1) is 0 Å². The Kier molecular flexibility index (Phi) is 1.26. The Hall–Kier alpha value is -1.22. The van der Waals surface area contributed by atoms with Crippen LogP contribution in [-0.4, -0.2) is 18.5 Å². The zero-order valence-electron chi connectivity index (χ0n) is 6.28. The fraction of sp³-hybridized carbons (Fsp3) is 0.250. The predicted octanol–water partition coefficient (Wildman–Crippen LogP) is 0.824. The van der Waals surface area contributed by atoms with Crippen molar-refractivity contribution in [1.82, 2.24) is 0 Å². The third-order valence-corrected chi connectivity index (χ3v) is 1.94. The Morgan fingerprint density at radius 3 is 2.91 bits per heavy atom. The number of nitrogens with one attached hydrogen (secondary N) is 1. The number of benzene rings is 1. The molecule has 0 saturated carbocycles. The van der Waals surface area contributed by atoms with Gasteiger partial charge in [-0.05, 0) is 12.1 Å². The van der Waals surface area contributed by atoms with Crippen LogP contribution in [0.1, 0.15) is 0 Å². The maximum atomic E-state index is 9.33. The van der Waals surface area contributed by atoms with Crippen molar-refractivity contribution in [3.63, 3.8) is 0 Å². The topological polar surface area (TPSA) is 35.5 Å². The van der Waals surface area contributed by atoms with Gasteiger partial charge < -0.3 is 15.3 Å². The van der Waals surface area contributed by atoms with Crippen molar-refractivity contribution in [2.45, 2.75) is 6.35 Å². The first-order chi connectivity index (χ1) is 5.29. The van der Waals surface area contributed by atoms with Crippen molar-refractivity contribution in [3.8, 4) is 0 Å². The van der Waals surface area contributed by atoms with E-state index in [4.69, 9.17) is 0 Å². The predicted molar refractivity (Wildman–Crippen MR) is 44.5 cm³/mol. The molecule has 0 fully saturated rings. The molecule has 11 heavy (non-hydrogen) atoms. The zero-order valence-corrected chi connectivity index (χ0v) is 6.28. The van der Waals surface area contributed by atoms with Crippen molar-refractivity contribution in [2.75, 3.05) is 17.3 Å². The van der Waals surface area contributed by atoms with Crippen molar-refractivity contribution >= 4 is 11.4 Å². The molecule has 1 heterocycles. The molecule has 0 spiro atoms. The standard InChI is InChI=1S/C8H10N2O/c1-10-7-5-3-2-4-6(7)9-8(10)11/h2-5,8-9,11H,1H3. The van der Waals surface area contributed by atoms with Crippen LogP contribution in [0.2, 0.25) is 0 Å². The Bertz CT molecular complexity index is 275. The highest BCUT2D eigenvalue weighted by molar-refractivity contribution is 5.74. The molecule has 2 rings (SSSR count). The van der Waals surface area contributed by atoms with E-state index < -0.39 is 6.35 Å². The molecule has 1 aromatic rings. The molecule has 3 heteroatoms. The van der Waals surface area contributed by atoms with Gasteiger partial charge in [-0.25, -0.2) is 0 Å². The van der Waals surface area contributed by atoms with E-state index in [1.165, 1.54) is 0 Å². The molecule has 1 aliphatic heterocycles. The summed E-state index contributed by atoms with van der Waals surface area (Å²) in [4.78, 5) is 1.79. The van der Waals surface area contributed by atoms with Gasteiger partial charge in [-0.3, -0.25) is 0 Å². The molecule has 0 amide bonds. The number of aliphatic hydroxyl groups is 1. The number of para-hydroxylation sites is 2. The molecule has 3 nitrogen and oxygen atoms in total. The van der Waals surface area contributed by atoms with Gasteiger partial charge in [0, 0.05) is 7.05 Å². The highest BCUT2D eigenvalue weighted by atomic mass is 16.3. The number of rotatable bonds is 0. The third kappa shape index (κ3) is 0.851. The molecule has 1 atom stereocenters. The lowest BCUT2D eigenvalue weighted by molar-refractivity contribution is 0.210. The minimum Gasteiger partial charge on any atom is -0.356 e. The van der Waals surface area contributed by atoms with Gasteiger partial charge in [0.25, 0.3) is 0 Å². The molecule has 1 aromatic carbocycles. The smallest absolute Gasteiger partial charge is 0.205 e. The molecule has 0 bridgehead atoms. The second-order valence-electron chi connectivity index (χ2n) is 2.65. The molecule has 58 valence electrons. The van der Waals surface area contributed by atoms with E-state index in [1.54, 1.807) is 4.90 Å². The normalized spacial score (nSPS) is 21.3. The van der Waals surface area contributed by atoms with Crippen LogP contribution < -0.4 is 10.2 Å². The molecule has 0 aliphatic carbocycles. The van der Waals surface area contributed by atoms with E-state index >= 15 is 0 Å². The molecular weight excluding hydrogens is 140 g/mol. The summed E-state index contributed by atoms with van der Waals surface area (Å²) in [6.07, 6.45) is -0.576. The molecular formula is C8H10N2O. The van der Waals surface area contributed by atoms with Crippen LogP contribution in [0.15, 0.2) is 24.3 Å². The highest BCUT2D eigenvalue weighted by Gasteiger charge is 2.21. The van der Waals surface area contributed by atoms with Crippen LogP contribution in [0.3, 0.4) is 0 Å². The van der Waals surface area contributed by atoms with Gasteiger partial charge in [0.15, 0.2) is 0 Å². The van der Waals surface area contributed by atoms with Gasteiger partial charge in [0.05, 0.1) is 11.4 Å². The van der Waals surface area contributed by atoms with E-state index in [9.17, 15) is 5.11 Å². The Morgan fingerprint density at radius 2 is 2.18 bits per heavy atom. The summed E-state index contributed by atoms with van der Waals surface area (Å²) in [6, 6.07) is 7.81. The lowest BCUT2D eigenvalue weighted by Crippen LogP contribution is -2.31. The van der Waals surface area contributed by atoms with E-state index in [0.717, 1.165) is 11.4 Å². The molecule has 1 aliphatic rings. The minimum atomic E-state index is -0.576. The van der Waals surface area contributed by atoms with Crippen molar-refractivity contribution in [1.29, 1.82) is 0 Å². The lowest BCUT2D eigenvalue weighted by Gasteiger charge is -2.15. The van der Waals surface area contributed by atoms with Gasteiger partial charge in [0.1, 0.15) is 0 Å². The monoisotopic (exact) mass is 150 g/mol. The molecule has 1 unspecified atom stereocenters. The summed E-state index contributed by atoms with van der Waals surface area (Å²) in [6.45, 7) is 0. The van der Waals surface area contributed by atoms with E-state index in [-0.39, 0.29) is 0 Å². The molecule has 2 N–H and O–H groups in total. The molecule has 0 saturated heterocycles. The second-order valence-corrected chi connectivity index (χ2v) is 2.65. The Labute approximate surface area is 65.3 Å². The van der Waals surface area contributed by atoms with Gasteiger partial charge in [0.2, 0.25) is 6.35 Å². The van der Waals surface area contributed by atoms with Crippen LogP contribution in [0.5, 0.6) is 0 Å². The van der Waals surface area contributed by atoms with E-state index in [1.807, 2.05) is 31.3 Å². The lowest BCUT2D eigenvalue weighted by atomic mass is 10.3. The number of fused-ring (bicyclic) bond motifs is 1. The minimum absolute atomic E-state index is 0.576. The fourth-order valence-electron chi connectivity index (χ4n) is 1.27. The quantitative estimate of drug-likeness (QED) is 0.575. The fourth-order valence-corrected chi connectivity index (χ4v) is 1.27.